The van der Waals surface area contributed by atoms with Crippen LogP contribution in [-0.2, 0) is 11.3 Å². The maximum atomic E-state index is 5.59. The molecule has 1 aromatic rings. The summed E-state index contributed by atoms with van der Waals surface area (Å²) < 4.78 is 5.19. The highest BCUT2D eigenvalue weighted by molar-refractivity contribution is 5.40. The summed E-state index contributed by atoms with van der Waals surface area (Å²) in [7, 11) is 1.76. The van der Waals surface area contributed by atoms with Crippen LogP contribution in [0.2, 0.25) is 0 Å². The van der Waals surface area contributed by atoms with E-state index in [0.717, 1.165) is 31.2 Å². The molecule has 4 nitrogen and oxygen atoms in total. The number of methoxy groups -OCH3 is 1. The number of aromatic nitrogens is 1. The van der Waals surface area contributed by atoms with Crippen LogP contribution in [0, 0.1) is 5.92 Å². The maximum absolute atomic E-state index is 5.59. The minimum absolute atomic E-state index is 0.503. The second kappa shape index (κ2) is 5.27. The largest absolute Gasteiger partial charge is 0.384 e. The zero-order chi connectivity index (χ0) is 11.4. The van der Waals surface area contributed by atoms with Gasteiger partial charge < -0.3 is 15.4 Å². The smallest absolute Gasteiger partial charge is 0.128 e. The number of rotatable bonds is 4. The molecule has 1 aromatic heterocycles. The molecule has 2 N–H and O–H groups in total. The molecule has 16 heavy (non-hydrogen) atoms. The monoisotopic (exact) mass is 221 g/mol. The molecule has 4 heteroatoms. The predicted molar refractivity (Wildman–Crippen MR) is 64.3 cm³/mol. The van der Waals surface area contributed by atoms with E-state index in [-0.39, 0.29) is 0 Å². The van der Waals surface area contributed by atoms with Gasteiger partial charge in [0.05, 0.1) is 12.3 Å². The van der Waals surface area contributed by atoms with Gasteiger partial charge in [-0.05, 0) is 18.6 Å². The van der Waals surface area contributed by atoms with Crippen molar-refractivity contribution in [1.82, 2.24) is 4.98 Å². The number of hydrogen-bond donors (Lipinski definition) is 1. The van der Waals surface area contributed by atoms with Crippen LogP contribution in [0.1, 0.15) is 12.1 Å². The average molecular weight is 221 g/mol. The van der Waals surface area contributed by atoms with E-state index in [9.17, 15) is 0 Å². The molecule has 0 amide bonds. The summed E-state index contributed by atoms with van der Waals surface area (Å²) in [5, 5.41) is 0. The van der Waals surface area contributed by atoms with Gasteiger partial charge >= 0.3 is 0 Å². The third-order valence-electron chi connectivity index (χ3n) is 3.01. The van der Waals surface area contributed by atoms with Crippen LogP contribution in [0.5, 0.6) is 0 Å². The van der Waals surface area contributed by atoms with Crippen molar-refractivity contribution < 1.29 is 4.74 Å². The molecule has 1 aliphatic heterocycles. The first-order valence-electron chi connectivity index (χ1n) is 5.73. The van der Waals surface area contributed by atoms with Crippen molar-refractivity contribution >= 4 is 5.82 Å². The molecule has 0 radical (unpaired) electrons. The third kappa shape index (κ3) is 2.51. The van der Waals surface area contributed by atoms with E-state index in [1.807, 2.05) is 18.2 Å². The van der Waals surface area contributed by atoms with Crippen molar-refractivity contribution in [1.29, 1.82) is 0 Å². The Kier molecular flexibility index (Phi) is 3.74. The van der Waals surface area contributed by atoms with Gasteiger partial charge in [0.1, 0.15) is 5.82 Å². The molecule has 0 aliphatic carbocycles. The summed E-state index contributed by atoms with van der Waals surface area (Å²) in [6.45, 7) is 3.44. The molecule has 1 saturated heterocycles. The van der Waals surface area contributed by atoms with Crippen molar-refractivity contribution in [2.45, 2.75) is 13.0 Å². The highest BCUT2D eigenvalue weighted by Gasteiger charge is 2.23. The minimum Gasteiger partial charge on any atom is -0.384 e. The van der Waals surface area contributed by atoms with Gasteiger partial charge in [-0.2, -0.15) is 0 Å². The Labute approximate surface area is 96.4 Å². The summed E-state index contributed by atoms with van der Waals surface area (Å²) >= 11 is 0. The Morgan fingerprint density at radius 3 is 3.19 bits per heavy atom. The van der Waals surface area contributed by atoms with Gasteiger partial charge in [0.15, 0.2) is 0 Å². The highest BCUT2D eigenvalue weighted by Crippen LogP contribution is 2.22. The summed E-state index contributed by atoms with van der Waals surface area (Å²) in [6.07, 6.45) is 1.18. The topological polar surface area (TPSA) is 51.4 Å². The van der Waals surface area contributed by atoms with Gasteiger partial charge in [-0.1, -0.05) is 6.07 Å². The van der Waals surface area contributed by atoms with E-state index in [1.54, 1.807) is 7.11 Å². The number of hydrogen-bond acceptors (Lipinski definition) is 4. The SMILES string of the molecule is COCC1CCN(c2cccc(CN)n2)C1. The van der Waals surface area contributed by atoms with E-state index in [2.05, 4.69) is 9.88 Å². The standard InChI is InChI=1S/C12H19N3O/c1-16-9-10-5-6-15(8-10)12-4-2-3-11(7-13)14-12/h2-4,10H,5-9,13H2,1H3. The normalized spacial score (nSPS) is 20.4. The number of nitrogens with zero attached hydrogens (tertiary/aromatic N) is 2. The Morgan fingerprint density at radius 2 is 2.44 bits per heavy atom. The van der Waals surface area contributed by atoms with Crippen LogP contribution in [0.3, 0.4) is 0 Å². The summed E-state index contributed by atoms with van der Waals surface area (Å²) in [6, 6.07) is 6.04. The second-order valence-electron chi connectivity index (χ2n) is 4.25. The van der Waals surface area contributed by atoms with E-state index in [0.29, 0.717) is 12.5 Å². The summed E-state index contributed by atoms with van der Waals surface area (Å²) in [5.74, 6) is 1.68. The van der Waals surface area contributed by atoms with E-state index in [1.165, 1.54) is 6.42 Å². The van der Waals surface area contributed by atoms with Crippen LogP contribution < -0.4 is 10.6 Å². The van der Waals surface area contributed by atoms with Crippen LogP contribution >= 0.6 is 0 Å². The van der Waals surface area contributed by atoms with E-state index >= 15 is 0 Å². The average Bonchev–Trinajstić information content (AvgIpc) is 2.78. The first-order valence-corrected chi connectivity index (χ1v) is 5.73. The van der Waals surface area contributed by atoms with Crippen LogP contribution in [0.4, 0.5) is 5.82 Å². The molecule has 0 spiro atoms. The second-order valence-corrected chi connectivity index (χ2v) is 4.25. The van der Waals surface area contributed by atoms with Crippen LogP contribution in [-0.4, -0.2) is 31.8 Å². The van der Waals surface area contributed by atoms with Crippen LogP contribution in [0.25, 0.3) is 0 Å². The van der Waals surface area contributed by atoms with Gasteiger partial charge in [-0.15, -0.1) is 0 Å². The number of anilines is 1. The van der Waals surface area contributed by atoms with Crippen molar-refractivity contribution in [2.24, 2.45) is 11.7 Å². The molecular formula is C12H19N3O. The molecule has 2 heterocycles. The molecule has 1 unspecified atom stereocenters. The van der Waals surface area contributed by atoms with Crippen molar-refractivity contribution in [3.8, 4) is 0 Å². The molecule has 2 rings (SSSR count). The van der Waals surface area contributed by atoms with Gasteiger partial charge in [0, 0.05) is 32.7 Å². The van der Waals surface area contributed by atoms with Crippen molar-refractivity contribution in [3.05, 3.63) is 23.9 Å². The third-order valence-corrected chi connectivity index (χ3v) is 3.01. The van der Waals surface area contributed by atoms with Crippen LogP contribution in [0.15, 0.2) is 18.2 Å². The quantitative estimate of drug-likeness (QED) is 0.824. The van der Waals surface area contributed by atoms with Gasteiger partial charge in [-0.3, -0.25) is 0 Å². The molecule has 0 aromatic carbocycles. The van der Waals surface area contributed by atoms with Gasteiger partial charge in [0.2, 0.25) is 0 Å². The first-order chi connectivity index (χ1) is 7.83. The maximum Gasteiger partial charge on any atom is 0.128 e. The highest BCUT2D eigenvalue weighted by atomic mass is 16.5. The molecular weight excluding hydrogens is 202 g/mol. The predicted octanol–water partition coefficient (Wildman–Crippen LogP) is 1.01. The lowest BCUT2D eigenvalue weighted by Gasteiger charge is -2.17. The molecule has 0 bridgehead atoms. The number of ether oxygens (including phenoxy) is 1. The molecule has 1 aliphatic rings. The fourth-order valence-corrected chi connectivity index (χ4v) is 2.17. The Morgan fingerprint density at radius 1 is 1.56 bits per heavy atom. The summed E-state index contributed by atoms with van der Waals surface area (Å²) in [5.41, 5.74) is 6.54. The molecule has 88 valence electrons. The number of nitrogens with two attached hydrogens (primary N) is 1. The fourth-order valence-electron chi connectivity index (χ4n) is 2.17. The molecule has 0 saturated carbocycles. The van der Waals surface area contributed by atoms with Crippen molar-refractivity contribution in [2.75, 3.05) is 31.7 Å². The number of pyridine rings is 1. The molecule has 1 fully saturated rings. The van der Waals surface area contributed by atoms with E-state index < -0.39 is 0 Å². The van der Waals surface area contributed by atoms with E-state index in [4.69, 9.17) is 10.5 Å². The minimum atomic E-state index is 0.503. The lowest BCUT2D eigenvalue weighted by Crippen LogP contribution is -2.22. The Hall–Kier alpha value is -1.13. The van der Waals surface area contributed by atoms with Crippen molar-refractivity contribution in [3.63, 3.8) is 0 Å². The molecule has 1 atom stereocenters. The Balaban J connectivity index is 2.02. The van der Waals surface area contributed by atoms with Gasteiger partial charge in [0.25, 0.3) is 0 Å². The zero-order valence-electron chi connectivity index (χ0n) is 9.72. The zero-order valence-corrected chi connectivity index (χ0v) is 9.72. The lowest BCUT2D eigenvalue weighted by molar-refractivity contribution is 0.161. The first kappa shape index (κ1) is 11.4. The summed E-state index contributed by atoms with van der Waals surface area (Å²) in [4.78, 5) is 6.84. The van der Waals surface area contributed by atoms with Gasteiger partial charge in [-0.25, -0.2) is 4.98 Å². The lowest BCUT2D eigenvalue weighted by atomic mass is 10.1. The Bertz CT molecular complexity index is 343. The fraction of sp³-hybridized carbons (Fsp3) is 0.583.